The van der Waals surface area contributed by atoms with Gasteiger partial charge in [-0.1, -0.05) is 30.3 Å². The second-order valence-corrected chi connectivity index (χ2v) is 7.65. The normalized spacial score (nSPS) is 19.0. The summed E-state index contributed by atoms with van der Waals surface area (Å²) in [6.45, 7) is 2.18. The van der Waals surface area contributed by atoms with Crippen LogP contribution in [-0.4, -0.2) is 37.4 Å². The Morgan fingerprint density at radius 2 is 2.00 bits per heavy atom. The van der Waals surface area contributed by atoms with Crippen LogP contribution in [0.3, 0.4) is 0 Å². The molecule has 0 saturated carbocycles. The van der Waals surface area contributed by atoms with Gasteiger partial charge in [0.15, 0.2) is 0 Å². The van der Waals surface area contributed by atoms with Crippen molar-refractivity contribution in [3.63, 3.8) is 0 Å². The fourth-order valence-corrected chi connectivity index (χ4v) is 4.21. The van der Waals surface area contributed by atoms with Crippen molar-refractivity contribution in [3.05, 3.63) is 60.4 Å². The molecule has 1 aliphatic heterocycles. The lowest BCUT2D eigenvalue weighted by molar-refractivity contribution is 0.0910. The minimum Gasteiger partial charge on any atom is -0.376 e. The lowest BCUT2D eigenvalue weighted by atomic mass is 10.1. The topological polar surface area (TPSA) is 59.5 Å². The van der Waals surface area contributed by atoms with Gasteiger partial charge in [0.1, 0.15) is 4.90 Å². The van der Waals surface area contributed by atoms with E-state index in [0.29, 0.717) is 26.3 Å². The summed E-state index contributed by atoms with van der Waals surface area (Å²) in [6, 6.07) is 13.2. The third-order valence-corrected chi connectivity index (χ3v) is 5.83. The SMILES string of the molecule is O=S(=O)(c1cccnc1)N1CCC(COCc2ccccc2)C1. The largest absolute Gasteiger partial charge is 0.376 e. The summed E-state index contributed by atoms with van der Waals surface area (Å²) in [4.78, 5) is 4.15. The van der Waals surface area contributed by atoms with Crippen molar-refractivity contribution in [2.24, 2.45) is 5.92 Å². The molecule has 1 aromatic carbocycles. The van der Waals surface area contributed by atoms with Crippen molar-refractivity contribution < 1.29 is 13.2 Å². The van der Waals surface area contributed by atoms with Crippen LogP contribution in [0.1, 0.15) is 12.0 Å². The molecule has 23 heavy (non-hydrogen) atoms. The van der Waals surface area contributed by atoms with Gasteiger partial charge in [0, 0.05) is 25.5 Å². The Labute approximate surface area is 137 Å². The molecule has 1 unspecified atom stereocenters. The van der Waals surface area contributed by atoms with Gasteiger partial charge in [0.2, 0.25) is 10.0 Å². The molecule has 122 valence electrons. The smallest absolute Gasteiger partial charge is 0.244 e. The van der Waals surface area contributed by atoms with E-state index in [1.807, 2.05) is 30.3 Å². The van der Waals surface area contributed by atoms with E-state index in [4.69, 9.17) is 4.74 Å². The van der Waals surface area contributed by atoms with Crippen LogP contribution in [0.5, 0.6) is 0 Å². The molecule has 2 heterocycles. The maximum Gasteiger partial charge on any atom is 0.244 e. The van der Waals surface area contributed by atoms with Gasteiger partial charge in [-0.25, -0.2) is 8.42 Å². The molecular weight excluding hydrogens is 312 g/mol. The second kappa shape index (κ2) is 7.21. The number of benzene rings is 1. The molecule has 2 aromatic rings. The highest BCUT2D eigenvalue weighted by atomic mass is 32.2. The zero-order chi connectivity index (χ0) is 16.1. The fourth-order valence-electron chi connectivity index (χ4n) is 2.72. The van der Waals surface area contributed by atoms with Crippen LogP contribution in [-0.2, 0) is 21.4 Å². The summed E-state index contributed by atoms with van der Waals surface area (Å²) in [5, 5.41) is 0. The van der Waals surface area contributed by atoms with Crippen molar-refractivity contribution in [1.29, 1.82) is 0 Å². The first-order valence-electron chi connectivity index (χ1n) is 7.68. The average Bonchev–Trinajstić information content (AvgIpc) is 3.06. The van der Waals surface area contributed by atoms with E-state index in [-0.39, 0.29) is 10.8 Å². The predicted octanol–water partition coefficient (Wildman–Crippen LogP) is 2.31. The van der Waals surface area contributed by atoms with Gasteiger partial charge >= 0.3 is 0 Å². The van der Waals surface area contributed by atoms with E-state index in [1.54, 1.807) is 18.3 Å². The van der Waals surface area contributed by atoms with Crippen LogP contribution in [0.2, 0.25) is 0 Å². The van der Waals surface area contributed by atoms with Crippen LogP contribution in [0.25, 0.3) is 0 Å². The van der Waals surface area contributed by atoms with Crippen LogP contribution < -0.4 is 0 Å². The first-order valence-corrected chi connectivity index (χ1v) is 9.12. The summed E-state index contributed by atoms with van der Waals surface area (Å²) in [5.41, 5.74) is 1.13. The number of ether oxygens (including phenoxy) is 1. The number of rotatable bonds is 6. The Morgan fingerprint density at radius 1 is 1.17 bits per heavy atom. The number of aromatic nitrogens is 1. The van der Waals surface area contributed by atoms with Gasteiger partial charge < -0.3 is 4.74 Å². The van der Waals surface area contributed by atoms with E-state index in [1.165, 1.54) is 10.5 Å². The zero-order valence-corrected chi connectivity index (χ0v) is 13.7. The molecule has 0 aliphatic carbocycles. The number of pyridine rings is 1. The van der Waals surface area contributed by atoms with Crippen molar-refractivity contribution in [1.82, 2.24) is 9.29 Å². The molecule has 0 radical (unpaired) electrons. The zero-order valence-electron chi connectivity index (χ0n) is 12.8. The van der Waals surface area contributed by atoms with E-state index in [9.17, 15) is 8.42 Å². The monoisotopic (exact) mass is 332 g/mol. The quantitative estimate of drug-likeness (QED) is 0.814. The first kappa shape index (κ1) is 16.1. The maximum atomic E-state index is 12.5. The van der Waals surface area contributed by atoms with Gasteiger partial charge in [0.25, 0.3) is 0 Å². The highest BCUT2D eigenvalue weighted by molar-refractivity contribution is 7.89. The molecular formula is C17H20N2O3S. The number of nitrogens with zero attached hydrogens (tertiary/aromatic N) is 2. The number of hydrogen-bond acceptors (Lipinski definition) is 4. The van der Waals surface area contributed by atoms with Gasteiger partial charge in [-0.05, 0) is 30.0 Å². The van der Waals surface area contributed by atoms with Crippen LogP contribution in [0, 0.1) is 5.92 Å². The third kappa shape index (κ3) is 3.96. The highest BCUT2D eigenvalue weighted by Crippen LogP contribution is 2.24. The van der Waals surface area contributed by atoms with E-state index in [0.717, 1.165) is 12.0 Å². The van der Waals surface area contributed by atoms with E-state index in [2.05, 4.69) is 4.98 Å². The fraction of sp³-hybridized carbons (Fsp3) is 0.353. The molecule has 1 aliphatic rings. The first-order chi connectivity index (χ1) is 11.2. The standard InChI is InChI=1S/C17H20N2O3S/c20-23(21,17-7-4-9-18-11-17)19-10-8-16(12-19)14-22-13-15-5-2-1-3-6-15/h1-7,9,11,16H,8,10,12-14H2. The van der Waals surface area contributed by atoms with Gasteiger partial charge in [0.05, 0.1) is 13.2 Å². The van der Waals surface area contributed by atoms with Crippen molar-refractivity contribution in [2.75, 3.05) is 19.7 Å². The summed E-state index contributed by atoms with van der Waals surface area (Å²) in [6.07, 6.45) is 3.80. The van der Waals surface area contributed by atoms with E-state index >= 15 is 0 Å². The summed E-state index contributed by atoms with van der Waals surface area (Å²) in [5.74, 6) is 0.241. The van der Waals surface area contributed by atoms with Crippen LogP contribution in [0.4, 0.5) is 0 Å². The molecule has 0 spiro atoms. The molecule has 1 aromatic heterocycles. The summed E-state index contributed by atoms with van der Waals surface area (Å²) >= 11 is 0. The molecule has 1 saturated heterocycles. The van der Waals surface area contributed by atoms with Crippen molar-refractivity contribution >= 4 is 10.0 Å². The van der Waals surface area contributed by atoms with Gasteiger partial charge in [-0.2, -0.15) is 4.31 Å². The Bertz CT molecular complexity index is 720. The molecule has 0 amide bonds. The molecule has 1 fully saturated rings. The summed E-state index contributed by atoms with van der Waals surface area (Å²) < 4.78 is 32.3. The Kier molecular flexibility index (Phi) is 5.05. The molecule has 6 heteroatoms. The van der Waals surface area contributed by atoms with Crippen molar-refractivity contribution in [2.45, 2.75) is 17.9 Å². The summed E-state index contributed by atoms with van der Waals surface area (Å²) in [7, 11) is -3.43. The minimum absolute atomic E-state index is 0.241. The van der Waals surface area contributed by atoms with Crippen molar-refractivity contribution in [3.8, 4) is 0 Å². The molecule has 3 rings (SSSR count). The third-order valence-electron chi connectivity index (χ3n) is 3.99. The Morgan fingerprint density at radius 3 is 2.74 bits per heavy atom. The maximum absolute atomic E-state index is 12.5. The second-order valence-electron chi connectivity index (χ2n) is 5.71. The van der Waals surface area contributed by atoms with Crippen LogP contribution >= 0.6 is 0 Å². The Hall–Kier alpha value is -1.76. The van der Waals surface area contributed by atoms with Gasteiger partial charge in [-0.15, -0.1) is 0 Å². The minimum atomic E-state index is -3.43. The molecule has 5 nitrogen and oxygen atoms in total. The number of hydrogen-bond donors (Lipinski definition) is 0. The molecule has 0 N–H and O–H groups in total. The lowest BCUT2D eigenvalue weighted by Crippen LogP contribution is -2.29. The highest BCUT2D eigenvalue weighted by Gasteiger charge is 2.32. The number of sulfonamides is 1. The Balaban J connectivity index is 1.52. The van der Waals surface area contributed by atoms with Crippen LogP contribution in [0.15, 0.2) is 59.8 Å². The average molecular weight is 332 g/mol. The van der Waals surface area contributed by atoms with E-state index < -0.39 is 10.0 Å². The molecule has 0 bridgehead atoms. The molecule has 1 atom stereocenters. The van der Waals surface area contributed by atoms with Gasteiger partial charge in [-0.3, -0.25) is 4.98 Å². The lowest BCUT2D eigenvalue weighted by Gasteiger charge is -2.16. The predicted molar refractivity (Wildman–Crippen MR) is 87.2 cm³/mol.